The molecule has 2 atom stereocenters. The second-order valence-electron chi connectivity index (χ2n) is 5.42. The average Bonchev–Trinajstić information content (AvgIpc) is 2.66. The van der Waals surface area contributed by atoms with Crippen LogP contribution in [0.5, 0.6) is 0 Å². The normalized spacial score (nSPS) is 30.6. The molecule has 0 saturated carbocycles. The van der Waals surface area contributed by atoms with Gasteiger partial charge in [-0.15, -0.1) is 0 Å². The van der Waals surface area contributed by atoms with Crippen LogP contribution in [-0.4, -0.2) is 36.0 Å². The Bertz CT molecular complexity index is 621. The first-order valence-electron chi connectivity index (χ1n) is 6.56. The molecule has 7 heteroatoms. The monoisotopic (exact) mass is 335 g/mol. The van der Waals surface area contributed by atoms with Gasteiger partial charge in [-0.25, -0.2) is 8.42 Å². The lowest BCUT2D eigenvalue weighted by molar-refractivity contribution is 0.0769. The molecule has 2 fully saturated rings. The molecule has 0 amide bonds. The first kappa shape index (κ1) is 14.6. The lowest BCUT2D eigenvalue weighted by Gasteiger charge is -2.36. The van der Waals surface area contributed by atoms with E-state index in [9.17, 15) is 13.5 Å². The number of nitrogens with zero attached hydrogens (tertiary/aromatic N) is 1. The van der Waals surface area contributed by atoms with Gasteiger partial charge in [0.2, 0.25) is 10.0 Å². The van der Waals surface area contributed by atoms with Crippen molar-refractivity contribution in [2.24, 2.45) is 0 Å². The number of fused-ring (bicyclic) bond motifs is 2. The summed E-state index contributed by atoms with van der Waals surface area (Å²) in [5.41, 5.74) is 0. The van der Waals surface area contributed by atoms with E-state index in [4.69, 9.17) is 23.2 Å². The maximum Gasteiger partial charge on any atom is 0.243 e. The van der Waals surface area contributed by atoms with E-state index in [-0.39, 0.29) is 22.0 Å². The minimum absolute atomic E-state index is 0.108. The minimum Gasteiger partial charge on any atom is -0.393 e. The molecular weight excluding hydrogens is 321 g/mol. The molecule has 0 aliphatic carbocycles. The van der Waals surface area contributed by atoms with Crippen LogP contribution in [0.15, 0.2) is 23.1 Å². The van der Waals surface area contributed by atoms with Crippen molar-refractivity contribution >= 4 is 33.2 Å². The second kappa shape index (κ2) is 5.14. The van der Waals surface area contributed by atoms with E-state index in [1.807, 2.05) is 0 Å². The van der Waals surface area contributed by atoms with E-state index < -0.39 is 16.1 Å². The highest BCUT2D eigenvalue weighted by Gasteiger charge is 2.46. The zero-order valence-electron chi connectivity index (χ0n) is 10.7. The van der Waals surface area contributed by atoms with Crippen molar-refractivity contribution in [1.82, 2.24) is 4.31 Å². The van der Waals surface area contributed by atoms with Gasteiger partial charge in [0.15, 0.2) is 0 Å². The van der Waals surface area contributed by atoms with Crippen LogP contribution in [0.1, 0.15) is 25.7 Å². The van der Waals surface area contributed by atoms with Gasteiger partial charge in [-0.05, 0) is 43.9 Å². The first-order valence-corrected chi connectivity index (χ1v) is 8.76. The van der Waals surface area contributed by atoms with Crippen molar-refractivity contribution in [2.45, 2.75) is 48.8 Å². The number of halogens is 2. The van der Waals surface area contributed by atoms with Gasteiger partial charge < -0.3 is 5.11 Å². The van der Waals surface area contributed by atoms with E-state index in [1.165, 1.54) is 18.2 Å². The molecule has 2 unspecified atom stereocenters. The number of benzene rings is 1. The van der Waals surface area contributed by atoms with Gasteiger partial charge in [-0.1, -0.05) is 23.2 Å². The molecule has 2 aliphatic rings. The summed E-state index contributed by atoms with van der Waals surface area (Å²) in [5, 5.41) is 10.3. The predicted octanol–water partition coefficient (Wildman–Crippen LogP) is 2.67. The van der Waals surface area contributed by atoms with E-state index >= 15 is 0 Å². The van der Waals surface area contributed by atoms with Gasteiger partial charge in [-0.3, -0.25) is 0 Å². The lowest BCUT2D eigenvalue weighted by Crippen LogP contribution is -2.47. The number of hydrogen-bond acceptors (Lipinski definition) is 3. The van der Waals surface area contributed by atoms with Gasteiger partial charge in [0.25, 0.3) is 0 Å². The molecule has 4 nitrogen and oxygen atoms in total. The molecule has 2 heterocycles. The summed E-state index contributed by atoms with van der Waals surface area (Å²) in [5.74, 6) is 0. The summed E-state index contributed by atoms with van der Waals surface area (Å²) in [6.45, 7) is 0. The lowest BCUT2D eigenvalue weighted by atomic mass is 10.0. The summed E-state index contributed by atoms with van der Waals surface area (Å²) in [6, 6.07) is 4.15. The largest absolute Gasteiger partial charge is 0.393 e. The number of sulfonamides is 1. The molecule has 20 heavy (non-hydrogen) atoms. The summed E-state index contributed by atoms with van der Waals surface area (Å²) >= 11 is 11.7. The molecule has 0 radical (unpaired) electrons. The van der Waals surface area contributed by atoms with Gasteiger partial charge >= 0.3 is 0 Å². The third-order valence-corrected chi connectivity index (χ3v) is 6.85. The Morgan fingerprint density at radius 1 is 1.10 bits per heavy atom. The number of aliphatic hydroxyl groups is 1. The minimum atomic E-state index is -3.58. The fourth-order valence-electron chi connectivity index (χ4n) is 3.26. The van der Waals surface area contributed by atoms with Crippen LogP contribution >= 0.6 is 23.2 Å². The summed E-state index contributed by atoms with van der Waals surface area (Å²) in [6.07, 6.45) is 2.24. The van der Waals surface area contributed by atoms with Crippen molar-refractivity contribution in [3.8, 4) is 0 Å². The fraction of sp³-hybridized carbons (Fsp3) is 0.538. The standard InChI is InChI=1S/C13H15Cl2NO3S/c14-12-4-3-11(7-13(12)15)20(18,19)16-8-1-2-9(16)6-10(17)5-8/h3-4,7-10,17H,1-2,5-6H2. The third-order valence-electron chi connectivity index (χ3n) is 4.11. The van der Waals surface area contributed by atoms with Crippen LogP contribution < -0.4 is 0 Å². The van der Waals surface area contributed by atoms with E-state index in [1.54, 1.807) is 4.31 Å². The van der Waals surface area contributed by atoms with Gasteiger partial charge in [0, 0.05) is 12.1 Å². The Morgan fingerprint density at radius 2 is 1.70 bits per heavy atom. The zero-order chi connectivity index (χ0) is 14.5. The first-order chi connectivity index (χ1) is 9.39. The van der Waals surface area contributed by atoms with E-state index in [0.717, 1.165) is 12.8 Å². The van der Waals surface area contributed by atoms with Crippen LogP contribution in [-0.2, 0) is 10.0 Å². The summed E-state index contributed by atoms with van der Waals surface area (Å²) in [4.78, 5) is 0.167. The van der Waals surface area contributed by atoms with Crippen LogP contribution in [0.3, 0.4) is 0 Å². The van der Waals surface area contributed by atoms with Crippen LogP contribution in [0.25, 0.3) is 0 Å². The summed E-state index contributed by atoms with van der Waals surface area (Å²) < 4.78 is 27.1. The quantitative estimate of drug-likeness (QED) is 0.903. The Hall–Kier alpha value is -0.330. The predicted molar refractivity (Wildman–Crippen MR) is 77.5 cm³/mol. The number of piperidine rings is 1. The van der Waals surface area contributed by atoms with E-state index in [0.29, 0.717) is 17.9 Å². The third kappa shape index (κ3) is 2.35. The van der Waals surface area contributed by atoms with Gasteiger partial charge in [0.1, 0.15) is 0 Å². The molecule has 2 aliphatic heterocycles. The molecule has 3 rings (SSSR count). The molecule has 2 bridgehead atoms. The highest BCUT2D eigenvalue weighted by molar-refractivity contribution is 7.89. The van der Waals surface area contributed by atoms with Gasteiger partial charge in [-0.2, -0.15) is 4.31 Å². The Morgan fingerprint density at radius 3 is 2.25 bits per heavy atom. The molecule has 1 aromatic rings. The smallest absolute Gasteiger partial charge is 0.243 e. The Balaban J connectivity index is 1.98. The van der Waals surface area contributed by atoms with Crippen molar-refractivity contribution in [1.29, 1.82) is 0 Å². The van der Waals surface area contributed by atoms with Crippen LogP contribution in [0.4, 0.5) is 0 Å². The second-order valence-corrected chi connectivity index (χ2v) is 8.08. The highest BCUT2D eigenvalue weighted by atomic mass is 35.5. The molecule has 1 N–H and O–H groups in total. The molecule has 110 valence electrons. The van der Waals surface area contributed by atoms with Crippen molar-refractivity contribution < 1.29 is 13.5 Å². The summed E-state index contributed by atoms with van der Waals surface area (Å²) in [7, 11) is -3.58. The number of rotatable bonds is 2. The SMILES string of the molecule is O=S(=O)(c1ccc(Cl)c(Cl)c1)N1C2CCC1CC(O)C2. The maximum atomic E-state index is 12.8. The Labute approximate surface area is 128 Å². The highest BCUT2D eigenvalue weighted by Crippen LogP contribution is 2.40. The fourth-order valence-corrected chi connectivity index (χ4v) is 5.54. The van der Waals surface area contributed by atoms with Crippen LogP contribution in [0, 0.1) is 0 Å². The van der Waals surface area contributed by atoms with Crippen molar-refractivity contribution in [3.05, 3.63) is 28.2 Å². The number of aliphatic hydroxyl groups excluding tert-OH is 1. The van der Waals surface area contributed by atoms with Crippen molar-refractivity contribution in [2.75, 3.05) is 0 Å². The van der Waals surface area contributed by atoms with Crippen molar-refractivity contribution in [3.63, 3.8) is 0 Å². The Kier molecular flexibility index (Phi) is 3.75. The molecular formula is C13H15Cl2NO3S. The topological polar surface area (TPSA) is 57.6 Å². The van der Waals surface area contributed by atoms with Gasteiger partial charge in [0.05, 0.1) is 21.0 Å². The average molecular weight is 336 g/mol. The number of hydrogen-bond donors (Lipinski definition) is 1. The molecule has 2 saturated heterocycles. The molecule has 0 aromatic heterocycles. The molecule has 0 spiro atoms. The van der Waals surface area contributed by atoms with E-state index in [2.05, 4.69) is 0 Å². The maximum absolute atomic E-state index is 12.8. The molecule has 1 aromatic carbocycles. The zero-order valence-corrected chi connectivity index (χ0v) is 13.0. The van der Waals surface area contributed by atoms with Crippen LogP contribution in [0.2, 0.25) is 10.0 Å².